The number of carboxylic acid groups (broad SMARTS) is 1. The van der Waals surface area contributed by atoms with Crippen LogP contribution in [-0.2, 0) is 15.0 Å². The van der Waals surface area contributed by atoms with Crippen molar-refractivity contribution in [2.75, 3.05) is 12.4 Å². The lowest BCUT2D eigenvalue weighted by molar-refractivity contribution is -0.145. The first-order valence-corrected chi connectivity index (χ1v) is 7.78. The van der Waals surface area contributed by atoms with Crippen LogP contribution in [0.2, 0.25) is 0 Å². The number of carboxylic acids is 1. The van der Waals surface area contributed by atoms with Crippen LogP contribution in [0.5, 0.6) is 0 Å². The normalized spacial score (nSPS) is 12.7. The van der Waals surface area contributed by atoms with Crippen LogP contribution >= 0.6 is 0 Å². The first kappa shape index (κ1) is 18.2. The minimum Gasteiger partial charge on any atom is -0.481 e. The molecule has 130 valence electrons. The van der Waals surface area contributed by atoms with Gasteiger partial charge in [0, 0.05) is 24.7 Å². The molecule has 2 rings (SSSR count). The van der Waals surface area contributed by atoms with Gasteiger partial charge in [-0.15, -0.1) is 0 Å². The van der Waals surface area contributed by atoms with Crippen LogP contribution < -0.4 is 10.6 Å². The van der Waals surface area contributed by atoms with E-state index in [0.717, 1.165) is 0 Å². The van der Waals surface area contributed by atoms with Crippen molar-refractivity contribution in [2.45, 2.75) is 18.8 Å². The molecule has 0 fully saturated rings. The maximum atomic E-state index is 12.4. The van der Waals surface area contributed by atoms with E-state index in [1.54, 1.807) is 48.5 Å². The molecule has 25 heavy (non-hydrogen) atoms. The van der Waals surface area contributed by atoms with E-state index in [9.17, 15) is 19.5 Å². The Morgan fingerprint density at radius 2 is 1.72 bits per heavy atom. The minimum atomic E-state index is -1.34. The number of hydrogen-bond acceptors (Lipinski definition) is 3. The van der Waals surface area contributed by atoms with E-state index in [-0.39, 0.29) is 12.3 Å². The molecular formula is C19H20N2O4. The lowest BCUT2D eigenvalue weighted by Gasteiger charge is -2.24. The van der Waals surface area contributed by atoms with Crippen molar-refractivity contribution in [2.24, 2.45) is 0 Å². The van der Waals surface area contributed by atoms with E-state index in [0.29, 0.717) is 16.8 Å². The second-order valence-corrected chi connectivity index (χ2v) is 5.89. The van der Waals surface area contributed by atoms with Crippen molar-refractivity contribution < 1.29 is 19.5 Å². The standard InChI is InChI=1S/C19H20N2O4/c1-19(18(24)25,14-8-4-3-5-9-14)12-16(22)21-15-10-6-7-13(11-15)17(23)20-2/h3-11H,12H2,1-2H3,(H,20,23)(H,21,22)(H,24,25). The van der Waals surface area contributed by atoms with Crippen LogP contribution in [0, 0.1) is 0 Å². The van der Waals surface area contributed by atoms with Gasteiger partial charge in [-0.25, -0.2) is 0 Å². The van der Waals surface area contributed by atoms with Crippen LogP contribution in [0.1, 0.15) is 29.3 Å². The van der Waals surface area contributed by atoms with Crippen molar-refractivity contribution >= 4 is 23.5 Å². The van der Waals surface area contributed by atoms with Gasteiger partial charge in [-0.05, 0) is 30.7 Å². The molecule has 6 heteroatoms. The predicted octanol–water partition coefficient (Wildman–Crippen LogP) is 2.42. The van der Waals surface area contributed by atoms with E-state index >= 15 is 0 Å². The SMILES string of the molecule is CNC(=O)c1cccc(NC(=O)CC(C)(C(=O)O)c2ccccc2)c1. The summed E-state index contributed by atoms with van der Waals surface area (Å²) < 4.78 is 0. The summed E-state index contributed by atoms with van der Waals surface area (Å²) in [6, 6.07) is 15.1. The molecule has 0 saturated heterocycles. The van der Waals surface area contributed by atoms with Crippen LogP contribution in [-0.4, -0.2) is 29.9 Å². The molecule has 0 heterocycles. The second-order valence-electron chi connectivity index (χ2n) is 5.89. The Hall–Kier alpha value is -3.15. The van der Waals surface area contributed by atoms with Crippen LogP contribution in [0.4, 0.5) is 5.69 Å². The van der Waals surface area contributed by atoms with Crippen molar-refractivity contribution in [3.8, 4) is 0 Å². The maximum absolute atomic E-state index is 12.4. The van der Waals surface area contributed by atoms with E-state index in [4.69, 9.17) is 0 Å². The fourth-order valence-corrected chi connectivity index (χ4v) is 2.52. The molecule has 0 aromatic heterocycles. The zero-order valence-corrected chi connectivity index (χ0v) is 14.1. The van der Waals surface area contributed by atoms with Crippen molar-refractivity contribution in [1.29, 1.82) is 0 Å². The van der Waals surface area contributed by atoms with Crippen molar-refractivity contribution in [1.82, 2.24) is 5.32 Å². The average Bonchev–Trinajstić information content (AvgIpc) is 2.61. The fourth-order valence-electron chi connectivity index (χ4n) is 2.52. The minimum absolute atomic E-state index is 0.226. The highest BCUT2D eigenvalue weighted by molar-refractivity contribution is 5.98. The topological polar surface area (TPSA) is 95.5 Å². The molecule has 2 aromatic rings. The van der Waals surface area contributed by atoms with Gasteiger partial charge in [0.1, 0.15) is 0 Å². The number of anilines is 1. The highest BCUT2D eigenvalue weighted by Crippen LogP contribution is 2.28. The summed E-state index contributed by atoms with van der Waals surface area (Å²) in [4.78, 5) is 35.8. The maximum Gasteiger partial charge on any atom is 0.314 e. The number of carbonyl (C=O) groups excluding carboxylic acids is 2. The molecule has 0 aliphatic rings. The summed E-state index contributed by atoms with van der Waals surface area (Å²) in [7, 11) is 1.52. The van der Waals surface area contributed by atoms with Gasteiger partial charge in [0.05, 0.1) is 5.41 Å². The van der Waals surface area contributed by atoms with Crippen molar-refractivity contribution in [3.63, 3.8) is 0 Å². The number of rotatable bonds is 6. The lowest BCUT2D eigenvalue weighted by atomic mass is 9.79. The molecule has 2 aromatic carbocycles. The number of hydrogen-bond donors (Lipinski definition) is 3. The van der Waals surface area contributed by atoms with Gasteiger partial charge in [-0.3, -0.25) is 14.4 Å². The van der Waals surface area contributed by atoms with E-state index in [2.05, 4.69) is 10.6 Å². The van der Waals surface area contributed by atoms with Gasteiger partial charge >= 0.3 is 5.97 Å². The van der Waals surface area contributed by atoms with Gasteiger partial charge in [0.15, 0.2) is 0 Å². The van der Waals surface area contributed by atoms with Gasteiger partial charge in [-0.1, -0.05) is 36.4 Å². The molecule has 2 amide bonds. The van der Waals surface area contributed by atoms with Crippen LogP contribution in [0.3, 0.4) is 0 Å². The number of carbonyl (C=O) groups is 3. The molecular weight excluding hydrogens is 320 g/mol. The Balaban J connectivity index is 2.18. The Morgan fingerprint density at radius 3 is 2.32 bits per heavy atom. The monoisotopic (exact) mass is 340 g/mol. The molecule has 0 bridgehead atoms. The molecule has 0 saturated carbocycles. The summed E-state index contributed by atoms with van der Waals surface area (Å²) in [6.07, 6.45) is -0.226. The lowest BCUT2D eigenvalue weighted by Crippen LogP contribution is -2.36. The summed E-state index contributed by atoms with van der Waals surface area (Å²) in [5.74, 6) is -1.79. The second kappa shape index (κ2) is 7.61. The third kappa shape index (κ3) is 4.23. The third-order valence-electron chi connectivity index (χ3n) is 4.03. The zero-order chi connectivity index (χ0) is 18.4. The molecule has 0 radical (unpaired) electrons. The van der Waals surface area contributed by atoms with E-state index < -0.39 is 17.3 Å². The molecule has 3 N–H and O–H groups in total. The van der Waals surface area contributed by atoms with Crippen LogP contribution in [0.15, 0.2) is 54.6 Å². The van der Waals surface area contributed by atoms with Crippen molar-refractivity contribution in [3.05, 3.63) is 65.7 Å². The summed E-state index contributed by atoms with van der Waals surface area (Å²) in [5, 5.41) is 14.8. The molecule has 1 atom stereocenters. The summed E-state index contributed by atoms with van der Waals surface area (Å²) in [5.41, 5.74) is 0.0528. The highest BCUT2D eigenvalue weighted by atomic mass is 16.4. The zero-order valence-electron chi connectivity index (χ0n) is 14.1. The Morgan fingerprint density at radius 1 is 1.04 bits per heavy atom. The van der Waals surface area contributed by atoms with Crippen LogP contribution in [0.25, 0.3) is 0 Å². The first-order chi connectivity index (χ1) is 11.9. The molecule has 0 spiro atoms. The van der Waals surface area contributed by atoms with Gasteiger partial charge in [-0.2, -0.15) is 0 Å². The molecule has 0 aliphatic carbocycles. The fraction of sp³-hybridized carbons (Fsp3) is 0.211. The van der Waals surface area contributed by atoms with Gasteiger partial charge in [0.25, 0.3) is 5.91 Å². The van der Waals surface area contributed by atoms with Gasteiger partial charge in [0.2, 0.25) is 5.91 Å². The summed E-state index contributed by atoms with van der Waals surface area (Å²) >= 11 is 0. The molecule has 6 nitrogen and oxygen atoms in total. The van der Waals surface area contributed by atoms with E-state index in [1.165, 1.54) is 20.0 Å². The largest absolute Gasteiger partial charge is 0.481 e. The average molecular weight is 340 g/mol. The Bertz CT molecular complexity index is 789. The smallest absolute Gasteiger partial charge is 0.314 e. The number of amides is 2. The Labute approximate surface area is 145 Å². The number of benzene rings is 2. The first-order valence-electron chi connectivity index (χ1n) is 7.78. The van der Waals surface area contributed by atoms with E-state index in [1.807, 2.05) is 0 Å². The van der Waals surface area contributed by atoms with Gasteiger partial charge < -0.3 is 15.7 Å². The number of aliphatic carboxylic acids is 1. The number of nitrogens with one attached hydrogen (secondary N) is 2. The predicted molar refractivity (Wildman–Crippen MR) is 94.5 cm³/mol. The quantitative estimate of drug-likeness (QED) is 0.752. The molecule has 1 unspecified atom stereocenters. The Kier molecular flexibility index (Phi) is 5.54. The third-order valence-corrected chi connectivity index (χ3v) is 4.03. The highest BCUT2D eigenvalue weighted by Gasteiger charge is 2.37. The summed E-state index contributed by atoms with van der Waals surface area (Å²) in [6.45, 7) is 1.52. The molecule has 0 aliphatic heterocycles.